The van der Waals surface area contributed by atoms with Gasteiger partial charge in [-0.15, -0.1) is 5.92 Å². The first-order chi connectivity index (χ1) is 19.4. The van der Waals surface area contributed by atoms with Gasteiger partial charge in [-0.1, -0.05) is 37.8 Å². The summed E-state index contributed by atoms with van der Waals surface area (Å²) in [6, 6.07) is 0. The molecule has 2 aliphatic carbocycles. The van der Waals surface area contributed by atoms with Crippen molar-refractivity contribution >= 4 is 5.97 Å². The number of aliphatic carboxylic acids is 1. The van der Waals surface area contributed by atoms with E-state index in [4.69, 9.17) is 23.7 Å². The number of unbranched alkanes of at least 4 members (excludes halogenated alkanes) is 1. The van der Waals surface area contributed by atoms with Crippen LogP contribution in [-0.4, -0.2) is 54.9 Å². The molecule has 5 aliphatic rings. The molecule has 2 saturated carbocycles. The summed E-state index contributed by atoms with van der Waals surface area (Å²) in [5.74, 6) is 4.99. The summed E-state index contributed by atoms with van der Waals surface area (Å²) in [5.41, 5.74) is 1.79. The highest BCUT2D eigenvalue weighted by molar-refractivity contribution is 5.75. The van der Waals surface area contributed by atoms with Crippen molar-refractivity contribution in [3.63, 3.8) is 0 Å². The monoisotopic (exact) mass is 558 g/mol. The third-order valence-corrected chi connectivity index (χ3v) is 9.73. The lowest BCUT2D eigenvalue weighted by Gasteiger charge is -2.37. The minimum absolute atomic E-state index is 0.00346. The van der Waals surface area contributed by atoms with Gasteiger partial charge in [0.1, 0.15) is 0 Å². The lowest BCUT2D eigenvalue weighted by Crippen LogP contribution is -2.51. The highest BCUT2D eigenvalue weighted by Crippen LogP contribution is 2.52. The molecule has 0 aromatic carbocycles. The number of hydrogen-bond acceptors (Lipinski definition) is 6. The number of epoxide rings is 1. The predicted molar refractivity (Wildman–Crippen MR) is 151 cm³/mol. The molecule has 7 nitrogen and oxygen atoms in total. The Balaban J connectivity index is 1.15. The number of carboxylic acid groups (broad SMARTS) is 1. The Morgan fingerprint density at radius 1 is 1.07 bits per heavy atom. The average molecular weight is 559 g/mol. The molecule has 5 fully saturated rings. The third kappa shape index (κ3) is 7.89. The van der Waals surface area contributed by atoms with Crippen LogP contribution in [0, 0.1) is 29.1 Å². The standard InChI is InChI=1S/C33H50O7/c1-3-4-16-32(19-20-32)17-9-10-25-14-13-24(2)26(25)23-28-27(38-28)15-18-33(31(34)35,39-29-11-5-7-21-36-29)40-30-12-6-8-22-37-30/h25-30H,2-8,11-23H2,1H3,(H,34,35)/t25-,26-,27?,28+,29?,30?,33?/m0/s1. The van der Waals surface area contributed by atoms with Gasteiger partial charge in [-0.2, -0.15) is 0 Å². The van der Waals surface area contributed by atoms with Crippen LogP contribution in [0.15, 0.2) is 12.2 Å². The molecule has 40 heavy (non-hydrogen) atoms. The number of allylic oxidation sites excluding steroid dienone is 1. The van der Waals surface area contributed by atoms with Crippen LogP contribution in [0.2, 0.25) is 0 Å². The van der Waals surface area contributed by atoms with Gasteiger partial charge >= 0.3 is 5.97 Å². The van der Waals surface area contributed by atoms with Gasteiger partial charge in [-0.05, 0) is 94.8 Å². The summed E-state index contributed by atoms with van der Waals surface area (Å²) in [6.45, 7) is 7.78. The molecule has 3 heterocycles. The van der Waals surface area contributed by atoms with E-state index in [-0.39, 0.29) is 18.6 Å². The van der Waals surface area contributed by atoms with Crippen LogP contribution in [0.1, 0.15) is 116 Å². The van der Waals surface area contributed by atoms with Gasteiger partial charge in [0.15, 0.2) is 12.6 Å². The molecule has 0 aromatic rings. The van der Waals surface area contributed by atoms with E-state index in [1.54, 1.807) is 0 Å². The summed E-state index contributed by atoms with van der Waals surface area (Å²) in [7, 11) is 0. The lowest BCUT2D eigenvalue weighted by atomic mass is 9.88. The quantitative estimate of drug-likeness (QED) is 0.109. The molecule has 0 spiro atoms. The molecular formula is C33H50O7. The predicted octanol–water partition coefficient (Wildman–Crippen LogP) is 6.74. The average Bonchev–Trinajstić information content (AvgIpc) is 3.87. The topological polar surface area (TPSA) is 86.8 Å². The van der Waals surface area contributed by atoms with Crippen LogP contribution in [0.4, 0.5) is 0 Å². The van der Waals surface area contributed by atoms with Crippen LogP contribution in [0.25, 0.3) is 0 Å². The van der Waals surface area contributed by atoms with Crippen molar-refractivity contribution in [1.82, 2.24) is 0 Å². The van der Waals surface area contributed by atoms with Crippen LogP contribution in [-0.2, 0) is 28.5 Å². The second-order valence-corrected chi connectivity index (χ2v) is 12.9. The Kier molecular flexibility index (Phi) is 10.3. The summed E-state index contributed by atoms with van der Waals surface area (Å²) in [4.78, 5) is 12.7. The first-order valence-electron chi connectivity index (χ1n) is 16.1. The van der Waals surface area contributed by atoms with Crippen LogP contribution in [0.3, 0.4) is 0 Å². The van der Waals surface area contributed by atoms with Crippen LogP contribution < -0.4 is 0 Å². The molecule has 224 valence electrons. The molecule has 5 rings (SSSR count). The van der Waals surface area contributed by atoms with E-state index < -0.39 is 24.3 Å². The molecule has 3 saturated heterocycles. The van der Waals surface area contributed by atoms with Crippen molar-refractivity contribution in [2.24, 2.45) is 17.3 Å². The Bertz CT molecular complexity index is 899. The number of carbonyl (C=O) groups is 1. The fourth-order valence-corrected chi connectivity index (χ4v) is 6.74. The molecule has 3 aliphatic heterocycles. The van der Waals surface area contributed by atoms with Crippen LogP contribution in [0.5, 0.6) is 0 Å². The first kappa shape index (κ1) is 30.0. The number of carboxylic acids is 1. The maximum atomic E-state index is 12.7. The molecule has 1 N–H and O–H groups in total. The minimum Gasteiger partial charge on any atom is -0.477 e. The molecule has 6 atom stereocenters. The Labute approximate surface area is 240 Å². The highest BCUT2D eigenvalue weighted by Gasteiger charge is 2.50. The minimum atomic E-state index is -1.80. The smallest absolute Gasteiger partial charge is 0.364 e. The van der Waals surface area contributed by atoms with E-state index in [2.05, 4.69) is 25.3 Å². The fourth-order valence-electron chi connectivity index (χ4n) is 6.74. The van der Waals surface area contributed by atoms with E-state index in [1.165, 1.54) is 37.7 Å². The molecule has 0 radical (unpaired) electrons. The third-order valence-electron chi connectivity index (χ3n) is 9.73. The molecule has 3 unspecified atom stereocenters. The fraction of sp³-hybridized carbons (Fsp3) is 0.848. The number of rotatable bonds is 14. The van der Waals surface area contributed by atoms with Gasteiger partial charge in [-0.3, -0.25) is 0 Å². The summed E-state index contributed by atoms with van der Waals surface area (Å²) < 4.78 is 29.8. The van der Waals surface area contributed by atoms with Crippen molar-refractivity contribution < 1.29 is 33.6 Å². The number of hydrogen-bond donors (Lipinski definition) is 1. The molecule has 0 bridgehead atoms. The second-order valence-electron chi connectivity index (χ2n) is 12.9. The van der Waals surface area contributed by atoms with Crippen molar-refractivity contribution in [3.05, 3.63) is 12.2 Å². The van der Waals surface area contributed by atoms with Gasteiger partial charge in [0, 0.05) is 32.0 Å². The van der Waals surface area contributed by atoms with E-state index in [1.807, 2.05) is 0 Å². The normalized spacial score (nSPS) is 34.5. The van der Waals surface area contributed by atoms with Gasteiger partial charge in [0.25, 0.3) is 5.79 Å². The molecule has 0 amide bonds. The largest absolute Gasteiger partial charge is 0.477 e. The van der Waals surface area contributed by atoms with Crippen molar-refractivity contribution in [1.29, 1.82) is 0 Å². The lowest BCUT2D eigenvalue weighted by molar-refractivity contribution is -0.352. The Morgan fingerprint density at radius 2 is 1.77 bits per heavy atom. The summed E-state index contributed by atoms with van der Waals surface area (Å²) in [5, 5.41) is 10.3. The molecule has 7 heteroatoms. The SMILES string of the molecule is C=C1CC[C@H](C#CCC2(CCCC)CC2)[C@H]1C[C@H]1OC1CCC(OC1CCCCO1)(OC1CCCCO1)C(=O)O. The number of ether oxygens (including phenoxy) is 5. The first-order valence-corrected chi connectivity index (χ1v) is 16.1. The van der Waals surface area contributed by atoms with Gasteiger partial charge < -0.3 is 28.8 Å². The van der Waals surface area contributed by atoms with Crippen molar-refractivity contribution in [2.45, 2.75) is 147 Å². The Hall–Kier alpha value is -1.43. The van der Waals surface area contributed by atoms with E-state index in [0.29, 0.717) is 49.7 Å². The zero-order chi connectivity index (χ0) is 28.0. The van der Waals surface area contributed by atoms with E-state index in [0.717, 1.165) is 51.4 Å². The maximum absolute atomic E-state index is 12.7. The molecule has 0 aromatic heterocycles. The zero-order valence-corrected chi connectivity index (χ0v) is 24.5. The van der Waals surface area contributed by atoms with Crippen molar-refractivity contribution in [3.8, 4) is 11.8 Å². The highest BCUT2D eigenvalue weighted by atomic mass is 16.8. The van der Waals surface area contributed by atoms with Gasteiger partial charge in [0.05, 0.1) is 12.2 Å². The van der Waals surface area contributed by atoms with Crippen LogP contribution >= 0.6 is 0 Å². The zero-order valence-electron chi connectivity index (χ0n) is 24.5. The van der Waals surface area contributed by atoms with E-state index >= 15 is 0 Å². The van der Waals surface area contributed by atoms with Gasteiger partial charge in [0.2, 0.25) is 0 Å². The summed E-state index contributed by atoms with van der Waals surface area (Å²) in [6.07, 6.45) is 15.5. The molecular weight excluding hydrogens is 508 g/mol. The second kappa shape index (κ2) is 13.7. The Morgan fingerprint density at radius 3 is 2.35 bits per heavy atom. The van der Waals surface area contributed by atoms with Crippen molar-refractivity contribution in [2.75, 3.05) is 13.2 Å². The maximum Gasteiger partial charge on any atom is 0.364 e. The van der Waals surface area contributed by atoms with Gasteiger partial charge in [-0.25, -0.2) is 4.79 Å². The van der Waals surface area contributed by atoms with E-state index in [9.17, 15) is 9.90 Å². The summed E-state index contributed by atoms with van der Waals surface area (Å²) >= 11 is 0.